The number of hydrogen-bond donors (Lipinski definition) is 1. The predicted molar refractivity (Wildman–Crippen MR) is 130 cm³/mol. The second kappa shape index (κ2) is 9.36. The third kappa shape index (κ3) is 5.02. The van der Waals surface area contributed by atoms with Gasteiger partial charge in [0.15, 0.2) is 0 Å². The van der Waals surface area contributed by atoms with Crippen molar-refractivity contribution in [3.63, 3.8) is 0 Å². The lowest BCUT2D eigenvalue weighted by Gasteiger charge is -2.35. The molecular formula is C23H29N5O3S2. The monoisotopic (exact) mass is 487 g/mol. The van der Waals surface area contributed by atoms with Crippen LogP contribution in [0.5, 0.6) is 0 Å². The normalized spacial score (nSPS) is 16.6. The zero-order valence-electron chi connectivity index (χ0n) is 19.1. The first-order chi connectivity index (χ1) is 15.7. The number of amides is 2. The molecule has 1 unspecified atom stereocenters. The molecule has 1 atom stereocenters. The number of rotatable bonds is 6. The zero-order chi connectivity index (χ0) is 23.6. The van der Waals surface area contributed by atoms with Gasteiger partial charge in [-0.15, -0.1) is 0 Å². The fourth-order valence-electron chi connectivity index (χ4n) is 4.39. The van der Waals surface area contributed by atoms with E-state index in [4.69, 9.17) is 0 Å². The van der Waals surface area contributed by atoms with Gasteiger partial charge in [0.25, 0.3) is 0 Å². The van der Waals surface area contributed by atoms with Crippen molar-refractivity contribution in [2.45, 2.75) is 43.5 Å². The Morgan fingerprint density at radius 3 is 2.45 bits per heavy atom. The summed E-state index contributed by atoms with van der Waals surface area (Å²) in [7, 11) is -3.71. The molecule has 2 heterocycles. The summed E-state index contributed by atoms with van der Waals surface area (Å²) < 4.78 is 36.1. The Bertz CT molecular complexity index is 1220. The highest BCUT2D eigenvalue weighted by molar-refractivity contribution is 7.89. The minimum absolute atomic E-state index is 0.0239. The van der Waals surface area contributed by atoms with Gasteiger partial charge in [0.05, 0.1) is 11.7 Å². The number of piperazine rings is 1. The van der Waals surface area contributed by atoms with Crippen LogP contribution < -0.4 is 5.32 Å². The first-order valence-electron chi connectivity index (χ1n) is 11.0. The summed E-state index contributed by atoms with van der Waals surface area (Å²) in [6.45, 7) is 7.52. The van der Waals surface area contributed by atoms with Crippen molar-refractivity contribution in [1.82, 2.24) is 23.3 Å². The van der Waals surface area contributed by atoms with Crippen molar-refractivity contribution in [2.75, 3.05) is 26.2 Å². The summed E-state index contributed by atoms with van der Waals surface area (Å²) in [5.41, 5.74) is 2.13. The molecule has 2 amide bonds. The van der Waals surface area contributed by atoms with Crippen molar-refractivity contribution in [1.29, 1.82) is 0 Å². The Morgan fingerprint density at radius 2 is 1.76 bits per heavy atom. The summed E-state index contributed by atoms with van der Waals surface area (Å²) in [6, 6.07) is 15.1. The molecule has 4 rings (SSSR count). The minimum Gasteiger partial charge on any atom is -0.336 e. The second-order valence-electron chi connectivity index (χ2n) is 9.08. The predicted octanol–water partition coefficient (Wildman–Crippen LogP) is 3.46. The van der Waals surface area contributed by atoms with Crippen LogP contribution >= 0.6 is 11.7 Å². The van der Waals surface area contributed by atoms with Crippen molar-refractivity contribution < 1.29 is 13.2 Å². The van der Waals surface area contributed by atoms with Crippen molar-refractivity contribution in [3.05, 3.63) is 54.1 Å². The summed E-state index contributed by atoms with van der Waals surface area (Å²) in [5, 5.41) is 3.08. The van der Waals surface area contributed by atoms with Crippen LogP contribution in [0.4, 0.5) is 4.79 Å². The number of fused-ring (bicyclic) bond motifs is 1. The molecule has 1 N–H and O–H groups in total. The lowest BCUT2D eigenvalue weighted by molar-refractivity contribution is 0.168. The maximum atomic E-state index is 13.2. The van der Waals surface area contributed by atoms with Gasteiger partial charge in [-0.05, 0) is 36.5 Å². The zero-order valence-corrected chi connectivity index (χ0v) is 20.7. The van der Waals surface area contributed by atoms with Crippen LogP contribution in [0, 0.1) is 0 Å². The van der Waals surface area contributed by atoms with E-state index >= 15 is 0 Å². The van der Waals surface area contributed by atoms with E-state index in [1.54, 1.807) is 23.1 Å². The molecule has 1 saturated heterocycles. The lowest BCUT2D eigenvalue weighted by atomic mass is 9.79. The van der Waals surface area contributed by atoms with Crippen molar-refractivity contribution in [3.8, 4) is 0 Å². The third-order valence-electron chi connectivity index (χ3n) is 6.13. The Morgan fingerprint density at radius 1 is 1.06 bits per heavy atom. The van der Waals surface area contributed by atoms with Crippen LogP contribution in [0.2, 0.25) is 0 Å². The first-order valence-corrected chi connectivity index (χ1v) is 13.2. The first kappa shape index (κ1) is 23.6. The number of sulfonamides is 1. The van der Waals surface area contributed by atoms with E-state index in [0.717, 1.165) is 18.1 Å². The minimum atomic E-state index is -3.71. The van der Waals surface area contributed by atoms with Gasteiger partial charge in [0, 0.05) is 32.2 Å². The number of urea groups is 1. The number of nitrogens with one attached hydrogen (secondary N) is 1. The highest BCUT2D eigenvalue weighted by Crippen LogP contribution is 2.28. The molecule has 10 heteroatoms. The standard InChI is InChI=1S/C23H29N5O3S2/c1-17(16-23(2,3)18-8-5-4-6-9-18)24-22(29)27-12-14-28(15-13-27)33(30,31)20-11-7-10-19-21(20)26-32-25-19/h4-11,17H,12-16H2,1-3H3,(H,24,29). The molecule has 1 aromatic heterocycles. The van der Waals surface area contributed by atoms with E-state index in [0.29, 0.717) is 24.1 Å². The van der Waals surface area contributed by atoms with Crippen molar-refractivity contribution >= 4 is 38.8 Å². The summed E-state index contributed by atoms with van der Waals surface area (Å²) in [6.07, 6.45) is 0.794. The Labute approximate surface area is 199 Å². The van der Waals surface area contributed by atoms with E-state index < -0.39 is 10.0 Å². The van der Waals surface area contributed by atoms with Gasteiger partial charge in [-0.1, -0.05) is 50.2 Å². The number of carbonyl (C=O) groups is 1. The van der Waals surface area contributed by atoms with Crippen molar-refractivity contribution in [2.24, 2.45) is 0 Å². The van der Waals surface area contributed by atoms with Gasteiger partial charge in [-0.25, -0.2) is 13.2 Å². The highest BCUT2D eigenvalue weighted by Gasteiger charge is 2.32. The molecule has 1 aliphatic rings. The van der Waals surface area contributed by atoms with Gasteiger partial charge in [-0.3, -0.25) is 0 Å². The van der Waals surface area contributed by atoms with Crippen LogP contribution in [0.1, 0.15) is 32.8 Å². The topological polar surface area (TPSA) is 95.5 Å². The number of benzene rings is 2. The Hall–Kier alpha value is -2.56. The summed E-state index contributed by atoms with van der Waals surface area (Å²) >= 11 is 0.998. The average molecular weight is 488 g/mol. The van der Waals surface area contributed by atoms with Gasteiger partial charge >= 0.3 is 6.03 Å². The molecule has 8 nitrogen and oxygen atoms in total. The van der Waals surface area contributed by atoms with E-state index in [2.05, 4.69) is 40.0 Å². The molecule has 0 radical (unpaired) electrons. The fraction of sp³-hybridized carbons (Fsp3) is 0.435. The second-order valence-corrected chi connectivity index (χ2v) is 11.5. The largest absolute Gasteiger partial charge is 0.336 e. The summed E-state index contributed by atoms with van der Waals surface area (Å²) in [5.74, 6) is 0. The highest BCUT2D eigenvalue weighted by atomic mass is 32.2. The molecule has 2 aromatic carbocycles. The molecule has 3 aromatic rings. The number of nitrogens with zero attached hydrogens (tertiary/aromatic N) is 4. The molecule has 0 saturated carbocycles. The Kier molecular flexibility index (Phi) is 6.69. The lowest BCUT2D eigenvalue weighted by Crippen LogP contribution is -2.54. The molecule has 0 bridgehead atoms. The molecule has 176 valence electrons. The van der Waals surface area contributed by atoms with Crippen LogP contribution in [-0.2, 0) is 15.4 Å². The Balaban J connectivity index is 1.35. The van der Waals surface area contributed by atoms with E-state index in [9.17, 15) is 13.2 Å². The SMILES string of the molecule is CC(CC(C)(C)c1ccccc1)NC(=O)N1CCN(S(=O)(=O)c2cccc3nsnc23)CC1. The third-order valence-corrected chi connectivity index (χ3v) is 8.61. The van der Waals surface area contributed by atoms with Crippen LogP contribution in [0.3, 0.4) is 0 Å². The fourth-order valence-corrected chi connectivity index (χ4v) is 6.56. The molecule has 1 aliphatic heterocycles. The molecule has 0 aliphatic carbocycles. The smallest absolute Gasteiger partial charge is 0.317 e. The van der Waals surface area contributed by atoms with E-state index in [-0.39, 0.29) is 35.5 Å². The van der Waals surface area contributed by atoms with Gasteiger partial charge < -0.3 is 10.2 Å². The number of carbonyl (C=O) groups excluding carboxylic acids is 1. The van der Waals surface area contributed by atoms with Gasteiger partial charge in [0.2, 0.25) is 10.0 Å². The molecule has 1 fully saturated rings. The van der Waals surface area contributed by atoms with E-state index in [1.165, 1.54) is 9.87 Å². The molecule has 33 heavy (non-hydrogen) atoms. The van der Waals surface area contributed by atoms with E-state index in [1.807, 2.05) is 25.1 Å². The maximum absolute atomic E-state index is 13.2. The van der Waals surface area contributed by atoms with Gasteiger partial charge in [-0.2, -0.15) is 13.1 Å². The van der Waals surface area contributed by atoms with Crippen LogP contribution in [0.25, 0.3) is 11.0 Å². The quantitative estimate of drug-likeness (QED) is 0.575. The van der Waals surface area contributed by atoms with Crippen LogP contribution in [-0.4, -0.2) is 64.6 Å². The average Bonchev–Trinajstić information content (AvgIpc) is 3.28. The maximum Gasteiger partial charge on any atom is 0.317 e. The molecular weight excluding hydrogens is 458 g/mol. The number of aromatic nitrogens is 2. The molecule has 0 spiro atoms. The van der Waals surface area contributed by atoms with Crippen LogP contribution in [0.15, 0.2) is 53.4 Å². The summed E-state index contributed by atoms with van der Waals surface area (Å²) in [4.78, 5) is 14.7. The van der Waals surface area contributed by atoms with Gasteiger partial charge in [0.1, 0.15) is 15.9 Å². The number of hydrogen-bond acceptors (Lipinski definition) is 6.